The number of rotatable bonds is 4. The van der Waals surface area contributed by atoms with Gasteiger partial charge in [0.2, 0.25) is 0 Å². The lowest BCUT2D eigenvalue weighted by molar-refractivity contribution is 0.0526. The molecule has 2 aromatic rings. The van der Waals surface area contributed by atoms with E-state index in [2.05, 4.69) is 26.2 Å². The molecule has 3 N–H and O–H groups in total. The van der Waals surface area contributed by atoms with Gasteiger partial charge in [-0.1, -0.05) is 0 Å². The number of benzene rings is 1. The van der Waals surface area contributed by atoms with Crippen LogP contribution in [0.2, 0.25) is 0 Å². The van der Waals surface area contributed by atoms with Crippen LogP contribution in [0.15, 0.2) is 28.1 Å². The van der Waals surface area contributed by atoms with Crippen LogP contribution in [0.4, 0.5) is 10.8 Å². The lowest BCUT2D eigenvalue weighted by Crippen LogP contribution is -2.13. The van der Waals surface area contributed by atoms with E-state index < -0.39 is 5.97 Å². The van der Waals surface area contributed by atoms with Crippen molar-refractivity contribution in [3.05, 3.63) is 39.3 Å². The Balaban J connectivity index is 2.14. The number of nitrogens with one attached hydrogen (secondary N) is 1. The zero-order chi connectivity index (χ0) is 15.4. The summed E-state index contributed by atoms with van der Waals surface area (Å²) in [7, 11) is 0. The Hall–Kier alpha value is -1.93. The Bertz CT molecular complexity index is 687. The van der Waals surface area contributed by atoms with Gasteiger partial charge >= 0.3 is 5.97 Å². The van der Waals surface area contributed by atoms with Crippen LogP contribution in [-0.2, 0) is 4.74 Å². The summed E-state index contributed by atoms with van der Waals surface area (Å²) < 4.78 is 5.48. The van der Waals surface area contributed by atoms with Crippen molar-refractivity contribution in [2.75, 3.05) is 17.7 Å². The Morgan fingerprint density at radius 2 is 2.24 bits per heavy atom. The average molecular weight is 370 g/mol. The fourth-order valence-corrected chi connectivity index (χ4v) is 2.56. The maximum Gasteiger partial charge on any atom is 0.338 e. The normalized spacial score (nSPS) is 10.2. The maximum absolute atomic E-state index is 12.0. The summed E-state index contributed by atoms with van der Waals surface area (Å²) >= 11 is 4.50. The minimum absolute atomic E-state index is 0.249. The van der Waals surface area contributed by atoms with Gasteiger partial charge in [0.05, 0.1) is 17.9 Å². The number of hydrogen-bond donors (Lipinski definition) is 2. The molecule has 0 atom stereocenters. The van der Waals surface area contributed by atoms with Crippen LogP contribution < -0.4 is 11.1 Å². The monoisotopic (exact) mass is 369 g/mol. The highest BCUT2D eigenvalue weighted by Crippen LogP contribution is 2.25. The highest BCUT2D eigenvalue weighted by molar-refractivity contribution is 9.10. The molecule has 0 unspecified atom stereocenters. The molecule has 0 aliphatic carbocycles. The van der Waals surface area contributed by atoms with E-state index in [0.29, 0.717) is 27.5 Å². The van der Waals surface area contributed by atoms with Gasteiger partial charge < -0.3 is 15.8 Å². The summed E-state index contributed by atoms with van der Waals surface area (Å²) in [6.07, 6.45) is 0. The molecule has 6 nitrogen and oxygen atoms in total. The van der Waals surface area contributed by atoms with E-state index in [1.54, 1.807) is 30.5 Å². The summed E-state index contributed by atoms with van der Waals surface area (Å²) in [4.78, 5) is 27.5. The van der Waals surface area contributed by atoms with E-state index >= 15 is 0 Å². The molecule has 1 aromatic carbocycles. The van der Waals surface area contributed by atoms with E-state index in [-0.39, 0.29) is 11.6 Å². The van der Waals surface area contributed by atoms with Gasteiger partial charge in [-0.15, -0.1) is 11.3 Å². The van der Waals surface area contributed by atoms with Crippen molar-refractivity contribution in [2.45, 2.75) is 6.92 Å². The Labute approximate surface area is 133 Å². The van der Waals surface area contributed by atoms with Crippen molar-refractivity contribution in [1.29, 1.82) is 0 Å². The maximum atomic E-state index is 12.0. The largest absolute Gasteiger partial charge is 0.462 e. The molecule has 0 spiro atoms. The lowest BCUT2D eigenvalue weighted by atomic mass is 10.2. The van der Waals surface area contributed by atoms with E-state index in [4.69, 9.17) is 10.5 Å². The van der Waals surface area contributed by atoms with E-state index in [0.717, 1.165) is 0 Å². The first kappa shape index (κ1) is 15.5. The van der Waals surface area contributed by atoms with Crippen LogP contribution in [0.5, 0.6) is 0 Å². The van der Waals surface area contributed by atoms with Crippen molar-refractivity contribution in [1.82, 2.24) is 4.98 Å². The molecule has 0 saturated carbocycles. The second kappa shape index (κ2) is 6.68. The molecule has 1 amide bonds. The number of amides is 1. The second-order valence-electron chi connectivity index (χ2n) is 3.94. The molecule has 0 aliphatic heterocycles. The Morgan fingerprint density at radius 1 is 1.48 bits per heavy atom. The first-order chi connectivity index (χ1) is 10.0. The fraction of sp³-hybridized carbons (Fsp3) is 0.154. The van der Waals surface area contributed by atoms with Crippen LogP contribution >= 0.6 is 27.3 Å². The molecule has 8 heteroatoms. The third kappa shape index (κ3) is 3.79. The van der Waals surface area contributed by atoms with Gasteiger partial charge in [-0.2, -0.15) is 0 Å². The van der Waals surface area contributed by atoms with Gasteiger partial charge in [0.25, 0.3) is 5.91 Å². The van der Waals surface area contributed by atoms with Gasteiger partial charge in [0.1, 0.15) is 5.69 Å². The highest BCUT2D eigenvalue weighted by Gasteiger charge is 2.13. The second-order valence-corrected chi connectivity index (χ2v) is 5.68. The molecule has 0 fully saturated rings. The Morgan fingerprint density at radius 3 is 2.81 bits per heavy atom. The van der Waals surface area contributed by atoms with E-state index in [1.807, 2.05) is 0 Å². The number of thiazole rings is 1. The summed E-state index contributed by atoms with van der Waals surface area (Å²) in [6.45, 7) is 2.04. The van der Waals surface area contributed by atoms with Gasteiger partial charge in [0, 0.05) is 9.85 Å². The predicted octanol–water partition coefficient (Wildman–Crippen LogP) is 2.92. The molecule has 2 rings (SSSR count). The molecule has 0 saturated heterocycles. The molecular weight excluding hydrogens is 358 g/mol. The van der Waals surface area contributed by atoms with Gasteiger partial charge in [-0.3, -0.25) is 4.79 Å². The number of anilines is 2. The van der Waals surface area contributed by atoms with Gasteiger partial charge in [-0.05, 0) is 41.1 Å². The number of carbonyl (C=O) groups is 2. The van der Waals surface area contributed by atoms with Crippen LogP contribution in [0.1, 0.15) is 27.8 Å². The summed E-state index contributed by atoms with van der Waals surface area (Å²) in [5.74, 6) is -0.782. The molecule has 0 radical (unpaired) electrons. The smallest absolute Gasteiger partial charge is 0.338 e. The molecule has 1 heterocycles. The minimum Gasteiger partial charge on any atom is -0.462 e. The van der Waals surface area contributed by atoms with E-state index in [9.17, 15) is 9.59 Å². The van der Waals surface area contributed by atoms with Crippen molar-refractivity contribution in [2.24, 2.45) is 0 Å². The van der Waals surface area contributed by atoms with Crippen molar-refractivity contribution in [3.63, 3.8) is 0 Å². The first-order valence-corrected chi connectivity index (χ1v) is 7.67. The molecular formula is C13H12BrN3O3S. The zero-order valence-electron chi connectivity index (χ0n) is 11.1. The van der Waals surface area contributed by atoms with Gasteiger partial charge in [0.15, 0.2) is 5.13 Å². The SMILES string of the molecule is CCOC(=O)c1ccc(NC(=O)c2csc(N)n2)c(Br)c1. The number of nitrogen functional groups attached to an aromatic ring is 1. The van der Waals surface area contributed by atoms with Crippen LogP contribution in [-0.4, -0.2) is 23.5 Å². The number of carbonyl (C=O) groups excluding carboxylic acids is 2. The molecule has 1 aromatic heterocycles. The number of hydrogen-bond acceptors (Lipinski definition) is 6. The Kier molecular flexibility index (Phi) is 4.92. The lowest BCUT2D eigenvalue weighted by Gasteiger charge is -2.08. The van der Waals surface area contributed by atoms with Crippen molar-refractivity contribution >= 4 is 50.0 Å². The van der Waals surface area contributed by atoms with Crippen LogP contribution in [0, 0.1) is 0 Å². The molecule has 0 aliphatic rings. The molecule has 21 heavy (non-hydrogen) atoms. The topological polar surface area (TPSA) is 94.3 Å². The third-order valence-corrected chi connectivity index (χ3v) is 3.81. The summed E-state index contributed by atoms with van der Waals surface area (Å²) in [5.41, 5.74) is 6.67. The number of esters is 1. The quantitative estimate of drug-likeness (QED) is 0.807. The molecule has 110 valence electrons. The minimum atomic E-state index is -0.414. The first-order valence-electron chi connectivity index (χ1n) is 6.00. The summed E-state index contributed by atoms with van der Waals surface area (Å²) in [5, 5.41) is 4.59. The number of aromatic nitrogens is 1. The van der Waals surface area contributed by atoms with Gasteiger partial charge in [-0.25, -0.2) is 9.78 Å². The number of nitrogens with two attached hydrogens (primary N) is 1. The van der Waals surface area contributed by atoms with Crippen molar-refractivity contribution < 1.29 is 14.3 Å². The van der Waals surface area contributed by atoms with Crippen LogP contribution in [0.3, 0.4) is 0 Å². The highest BCUT2D eigenvalue weighted by atomic mass is 79.9. The van der Waals surface area contributed by atoms with Crippen LogP contribution in [0.25, 0.3) is 0 Å². The molecule has 0 bridgehead atoms. The standard InChI is InChI=1S/C13H12BrN3O3S/c1-2-20-12(19)7-3-4-9(8(14)5-7)16-11(18)10-6-21-13(15)17-10/h3-6H,2H2,1H3,(H2,15,17)(H,16,18). The third-order valence-electron chi connectivity index (χ3n) is 2.48. The fourth-order valence-electron chi connectivity index (χ4n) is 1.54. The van der Waals surface area contributed by atoms with Crippen molar-refractivity contribution in [3.8, 4) is 0 Å². The zero-order valence-corrected chi connectivity index (χ0v) is 13.5. The average Bonchev–Trinajstić information content (AvgIpc) is 2.88. The predicted molar refractivity (Wildman–Crippen MR) is 84.6 cm³/mol. The summed E-state index contributed by atoms with van der Waals surface area (Å²) in [6, 6.07) is 4.78. The number of halogens is 1. The number of ether oxygens (including phenoxy) is 1. The van der Waals surface area contributed by atoms with E-state index in [1.165, 1.54) is 11.3 Å². The number of nitrogens with zero attached hydrogens (tertiary/aromatic N) is 1.